The highest BCUT2D eigenvalue weighted by Gasteiger charge is 2.58. The van der Waals surface area contributed by atoms with Crippen molar-refractivity contribution in [2.24, 2.45) is 0 Å². The van der Waals surface area contributed by atoms with E-state index in [4.69, 9.17) is 0 Å². The Morgan fingerprint density at radius 1 is 1.25 bits per heavy atom. The molecule has 4 rings (SSSR count). The van der Waals surface area contributed by atoms with Crippen molar-refractivity contribution in [2.45, 2.75) is 43.8 Å². The van der Waals surface area contributed by atoms with Crippen LogP contribution in [0.1, 0.15) is 36.1 Å². The van der Waals surface area contributed by atoms with E-state index in [9.17, 15) is 41.4 Å². The number of benzene rings is 2. The molecule has 1 heterocycles. The fraction of sp³-hybridized carbons (Fsp3) is 0.348. The van der Waals surface area contributed by atoms with Gasteiger partial charge in [0.1, 0.15) is 29.8 Å². The third-order valence-corrected chi connectivity index (χ3v) is 7.02. The van der Waals surface area contributed by atoms with Crippen molar-refractivity contribution in [3.05, 3.63) is 69.2 Å². The molecule has 4 amide bonds. The van der Waals surface area contributed by atoms with Crippen LogP contribution in [0.25, 0.3) is 0 Å². The Labute approximate surface area is 210 Å². The van der Waals surface area contributed by atoms with E-state index >= 15 is 0 Å². The molecule has 2 aromatic rings. The molecule has 7 nitrogen and oxygen atoms in total. The normalized spacial score (nSPS) is 22.1. The van der Waals surface area contributed by atoms with Crippen molar-refractivity contribution in [2.75, 3.05) is 6.54 Å². The number of urea groups is 1. The van der Waals surface area contributed by atoms with Gasteiger partial charge >= 0.3 is 12.2 Å². The maximum absolute atomic E-state index is 14.3. The molecule has 13 heteroatoms. The standard InChI is InChI=1S/C23H19BrF5N3O4/c1-11(23(27,28)29)31(9-12-2-4-13(25)5-3-12)19(34)10-32-20(35)22(30-21(32)36)8-18(33)14-6-16(24)17(26)7-15(14)22/h2-7,11,18,33H,8-10H2,1H3,(H,30,36)/t11-,18+,22?/m0/s1. The van der Waals surface area contributed by atoms with Gasteiger partial charge in [-0.05, 0) is 63.8 Å². The van der Waals surface area contributed by atoms with E-state index in [0.717, 1.165) is 25.1 Å². The Kier molecular flexibility index (Phi) is 6.58. The van der Waals surface area contributed by atoms with E-state index in [1.807, 2.05) is 0 Å². The lowest BCUT2D eigenvalue weighted by Gasteiger charge is -2.32. The first-order valence-electron chi connectivity index (χ1n) is 10.7. The Bertz CT molecular complexity index is 1240. The van der Waals surface area contributed by atoms with Crippen LogP contribution in [0, 0.1) is 11.6 Å². The van der Waals surface area contributed by atoms with Gasteiger partial charge in [0.2, 0.25) is 5.91 Å². The number of aliphatic hydroxyl groups is 1. The Morgan fingerprint density at radius 2 is 1.89 bits per heavy atom. The monoisotopic (exact) mass is 575 g/mol. The molecule has 1 aliphatic carbocycles. The molecule has 0 bridgehead atoms. The summed E-state index contributed by atoms with van der Waals surface area (Å²) in [6.07, 6.45) is -6.41. The SMILES string of the molecule is C[C@H](N(Cc1ccc(F)cc1)C(=O)CN1C(=O)NC2(C[C@@H](O)c3cc(Br)c(F)cc32)C1=O)C(F)(F)F. The van der Waals surface area contributed by atoms with Gasteiger partial charge in [-0.2, -0.15) is 13.2 Å². The van der Waals surface area contributed by atoms with E-state index in [2.05, 4.69) is 21.2 Å². The predicted molar refractivity (Wildman–Crippen MR) is 118 cm³/mol. The summed E-state index contributed by atoms with van der Waals surface area (Å²) in [5.74, 6) is -3.57. The van der Waals surface area contributed by atoms with Gasteiger partial charge in [0.25, 0.3) is 5.91 Å². The number of hydrogen-bond donors (Lipinski definition) is 2. The number of alkyl halides is 3. The van der Waals surface area contributed by atoms with Crippen LogP contribution in [-0.2, 0) is 21.7 Å². The Hall–Kier alpha value is -3.06. The lowest BCUT2D eigenvalue weighted by Crippen LogP contribution is -2.51. The van der Waals surface area contributed by atoms with Crippen LogP contribution >= 0.6 is 15.9 Å². The third kappa shape index (κ3) is 4.45. The molecule has 1 saturated heterocycles. The lowest BCUT2D eigenvalue weighted by atomic mass is 9.91. The zero-order valence-corrected chi connectivity index (χ0v) is 20.2. The first kappa shape index (κ1) is 26.0. The van der Waals surface area contributed by atoms with Gasteiger partial charge in [-0.3, -0.25) is 14.5 Å². The third-order valence-electron chi connectivity index (χ3n) is 6.41. The molecule has 1 spiro atoms. The predicted octanol–water partition coefficient (Wildman–Crippen LogP) is 3.89. The van der Waals surface area contributed by atoms with Crippen LogP contribution < -0.4 is 5.32 Å². The molecule has 36 heavy (non-hydrogen) atoms. The number of halogens is 6. The zero-order chi connectivity index (χ0) is 26.6. The molecule has 0 radical (unpaired) electrons. The minimum atomic E-state index is -4.83. The number of imide groups is 1. The summed E-state index contributed by atoms with van der Waals surface area (Å²) in [5.41, 5.74) is -1.49. The second-order valence-corrected chi connectivity index (χ2v) is 9.52. The van der Waals surface area contributed by atoms with Gasteiger partial charge < -0.3 is 15.3 Å². The number of rotatable bonds is 5. The molecule has 0 aromatic heterocycles. The Balaban J connectivity index is 1.62. The van der Waals surface area contributed by atoms with Crippen molar-refractivity contribution in [3.8, 4) is 0 Å². The van der Waals surface area contributed by atoms with Crippen molar-refractivity contribution >= 4 is 33.8 Å². The van der Waals surface area contributed by atoms with Crippen molar-refractivity contribution in [3.63, 3.8) is 0 Å². The molecule has 192 valence electrons. The minimum absolute atomic E-state index is 0.00386. The summed E-state index contributed by atoms with van der Waals surface area (Å²) in [6.45, 7) is -0.840. The number of fused-ring (bicyclic) bond motifs is 2. The second-order valence-electron chi connectivity index (χ2n) is 8.67. The average Bonchev–Trinajstić information content (AvgIpc) is 3.19. The van der Waals surface area contributed by atoms with Crippen LogP contribution in [0.5, 0.6) is 0 Å². The molecule has 0 saturated carbocycles. The van der Waals surface area contributed by atoms with Gasteiger partial charge in [-0.1, -0.05) is 12.1 Å². The zero-order valence-electron chi connectivity index (χ0n) is 18.6. The summed E-state index contributed by atoms with van der Waals surface area (Å²) in [5, 5.41) is 12.8. The molecule has 2 aliphatic rings. The molecule has 2 N–H and O–H groups in total. The fourth-order valence-corrected chi connectivity index (χ4v) is 4.80. The number of nitrogens with zero attached hydrogens (tertiary/aromatic N) is 2. The summed E-state index contributed by atoms with van der Waals surface area (Å²) in [4.78, 5) is 39.9. The van der Waals surface area contributed by atoms with Gasteiger partial charge in [-0.25, -0.2) is 13.6 Å². The van der Waals surface area contributed by atoms with Gasteiger partial charge in [0, 0.05) is 13.0 Å². The van der Waals surface area contributed by atoms with Crippen LogP contribution in [0.3, 0.4) is 0 Å². The molecule has 2 aromatic carbocycles. The number of amides is 4. The van der Waals surface area contributed by atoms with Crippen LogP contribution in [0.4, 0.5) is 26.7 Å². The van der Waals surface area contributed by atoms with Crippen LogP contribution in [0.15, 0.2) is 40.9 Å². The number of hydrogen-bond acceptors (Lipinski definition) is 4. The number of carbonyl (C=O) groups excluding carboxylic acids is 3. The highest BCUT2D eigenvalue weighted by atomic mass is 79.9. The number of aliphatic hydroxyl groups excluding tert-OH is 1. The maximum Gasteiger partial charge on any atom is 0.408 e. The number of nitrogens with one attached hydrogen (secondary N) is 1. The first-order chi connectivity index (χ1) is 16.7. The average molecular weight is 576 g/mol. The fourth-order valence-electron chi connectivity index (χ4n) is 4.44. The van der Waals surface area contributed by atoms with E-state index in [0.29, 0.717) is 9.80 Å². The number of carbonyl (C=O) groups is 3. The second kappa shape index (κ2) is 9.11. The van der Waals surface area contributed by atoms with Crippen molar-refractivity contribution < 1.29 is 41.4 Å². The topological polar surface area (TPSA) is 90.0 Å². The highest BCUT2D eigenvalue weighted by Crippen LogP contribution is 2.48. The molecular formula is C23H19BrF5N3O4. The van der Waals surface area contributed by atoms with Crippen molar-refractivity contribution in [1.82, 2.24) is 15.1 Å². The molecule has 1 aliphatic heterocycles. The lowest BCUT2D eigenvalue weighted by molar-refractivity contribution is -0.187. The molecule has 1 fully saturated rings. The highest BCUT2D eigenvalue weighted by molar-refractivity contribution is 9.10. The largest absolute Gasteiger partial charge is 0.408 e. The van der Waals surface area contributed by atoms with Crippen LogP contribution in [0.2, 0.25) is 0 Å². The first-order valence-corrected chi connectivity index (χ1v) is 11.5. The van der Waals surface area contributed by atoms with E-state index < -0.39 is 66.4 Å². The van der Waals surface area contributed by atoms with E-state index in [1.54, 1.807) is 0 Å². The van der Waals surface area contributed by atoms with Crippen molar-refractivity contribution in [1.29, 1.82) is 0 Å². The van der Waals surface area contributed by atoms with Crippen LogP contribution in [-0.4, -0.2) is 51.5 Å². The van der Waals surface area contributed by atoms with E-state index in [-0.39, 0.29) is 27.6 Å². The summed E-state index contributed by atoms with van der Waals surface area (Å²) in [7, 11) is 0. The minimum Gasteiger partial charge on any atom is -0.388 e. The quantitative estimate of drug-likeness (QED) is 0.418. The maximum atomic E-state index is 14.3. The molecule has 1 unspecified atom stereocenters. The van der Waals surface area contributed by atoms with Gasteiger partial charge in [-0.15, -0.1) is 0 Å². The van der Waals surface area contributed by atoms with Gasteiger partial charge in [0.15, 0.2) is 0 Å². The Morgan fingerprint density at radius 3 is 2.50 bits per heavy atom. The smallest absolute Gasteiger partial charge is 0.388 e. The molecular weight excluding hydrogens is 557 g/mol. The van der Waals surface area contributed by atoms with E-state index in [1.165, 1.54) is 18.2 Å². The summed E-state index contributed by atoms with van der Waals surface area (Å²) in [6, 6.07) is 3.37. The summed E-state index contributed by atoms with van der Waals surface area (Å²) >= 11 is 2.99. The molecule has 3 atom stereocenters. The summed E-state index contributed by atoms with van der Waals surface area (Å²) < 4.78 is 68.1. The van der Waals surface area contributed by atoms with Gasteiger partial charge in [0.05, 0.1) is 10.6 Å².